The van der Waals surface area contributed by atoms with Crippen LogP contribution in [0, 0.1) is 16.0 Å². The molecule has 0 N–H and O–H groups in total. The Kier molecular flexibility index (Phi) is 6.68. The maximum Gasteiger partial charge on any atom is 0.337 e. The number of non-ortho nitro benzene ring substituents is 1. The maximum atomic E-state index is 13.5. The normalized spacial score (nSPS) is 11.6. The molecule has 4 aromatic rings. The number of hydrogen-bond donors (Lipinski definition) is 0. The summed E-state index contributed by atoms with van der Waals surface area (Å²) in [6.45, 7) is 8.89. The Bertz CT molecular complexity index is 1480. The van der Waals surface area contributed by atoms with Gasteiger partial charge in [-0.2, -0.15) is 0 Å². The van der Waals surface area contributed by atoms with E-state index >= 15 is 0 Å². The molecule has 0 unspecified atom stereocenters. The van der Waals surface area contributed by atoms with Gasteiger partial charge in [-0.25, -0.2) is 14.3 Å². The van der Waals surface area contributed by atoms with Crippen LogP contribution in [0.1, 0.15) is 51.2 Å². The highest BCUT2D eigenvalue weighted by Crippen LogP contribution is 2.20. The second-order valence-corrected chi connectivity index (χ2v) is 9.47. The van der Waals surface area contributed by atoms with Gasteiger partial charge in [0.1, 0.15) is 0 Å². The summed E-state index contributed by atoms with van der Waals surface area (Å²) in [5, 5.41) is 11.0. The Labute approximate surface area is 202 Å². The van der Waals surface area contributed by atoms with E-state index in [2.05, 4.69) is 18.8 Å². The summed E-state index contributed by atoms with van der Waals surface area (Å²) in [4.78, 5) is 42.0. The highest BCUT2D eigenvalue weighted by Gasteiger charge is 2.20. The SMILES string of the molecule is CC(C)CCn1c(=O)c2c(ncn2Cc2ccc([N+](=O)[O-])cc2)n(-c2ccc(C(C)C)cc2)c1=O. The zero-order chi connectivity index (χ0) is 25.3. The minimum absolute atomic E-state index is 0.000960. The fourth-order valence-electron chi connectivity index (χ4n) is 4.04. The standard InChI is InChI=1S/C26H29N5O4/c1-17(2)13-14-29-25(32)23-24(30(26(29)33)21-11-7-20(8-12-21)18(3)4)27-16-28(23)15-19-5-9-22(10-6-19)31(34)35/h5-12,16-18H,13-15H2,1-4H3. The second kappa shape index (κ2) is 9.69. The molecule has 2 aromatic heterocycles. The Morgan fingerprint density at radius 2 is 1.63 bits per heavy atom. The molecule has 9 nitrogen and oxygen atoms in total. The van der Waals surface area contributed by atoms with Crippen LogP contribution in [-0.2, 0) is 13.1 Å². The molecule has 0 fully saturated rings. The van der Waals surface area contributed by atoms with E-state index in [0.29, 0.717) is 48.2 Å². The van der Waals surface area contributed by atoms with Gasteiger partial charge in [0.05, 0.1) is 16.9 Å². The summed E-state index contributed by atoms with van der Waals surface area (Å²) in [5.41, 5.74) is 2.37. The minimum atomic E-state index is -0.451. The van der Waals surface area contributed by atoms with Crippen LogP contribution in [0.2, 0.25) is 0 Å². The highest BCUT2D eigenvalue weighted by molar-refractivity contribution is 5.72. The van der Waals surface area contributed by atoms with Crippen LogP contribution in [-0.4, -0.2) is 23.6 Å². The molecule has 4 rings (SSSR count). The van der Waals surface area contributed by atoms with Crippen molar-refractivity contribution < 1.29 is 4.92 Å². The lowest BCUT2D eigenvalue weighted by Gasteiger charge is -2.14. The van der Waals surface area contributed by atoms with E-state index in [1.807, 2.05) is 38.1 Å². The molecule has 9 heteroatoms. The number of benzene rings is 2. The molecule has 0 amide bonds. The van der Waals surface area contributed by atoms with Gasteiger partial charge in [-0.15, -0.1) is 0 Å². The van der Waals surface area contributed by atoms with E-state index in [-0.39, 0.29) is 11.2 Å². The van der Waals surface area contributed by atoms with E-state index in [0.717, 1.165) is 11.1 Å². The summed E-state index contributed by atoms with van der Waals surface area (Å²) in [6.07, 6.45) is 2.22. The van der Waals surface area contributed by atoms with E-state index in [4.69, 9.17) is 0 Å². The van der Waals surface area contributed by atoms with Gasteiger partial charge in [0.25, 0.3) is 11.2 Å². The number of aromatic nitrogens is 4. The number of rotatable bonds is 8. The van der Waals surface area contributed by atoms with Gasteiger partial charge in [0.2, 0.25) is 0 Å². The number of fused-ring (bicyclic) bond motifs is 1. The van der Waals surface area contributed by atoms with Crippen molar-refractivity contribution in [1.29, 1.82) is 0 Å². The zero-order valence-electron chi connectivity index (χ0n) is 20.3. The molecule has 0 aliphatic carbocycles. The monoisotopic (exact) mass is 475 g/mol. The molecule has 0 saturated heterocycles. The van der Waals surface area contributed by atoms with Crippen LogP contribution in [0.25, 0.3) is 16.9 Å². The van der Waals surface area contributed by atoms with E-state index in [1.165, 1.54) is 21.3 Å². The number of nitro benzene ring substituents is 1. The molecule has 0 saturated carbocycles. The van der Waals surface area contributed by atoms with Gasteiger partial charge >= 0.3 is 5.69 Å². The van der Waals surface area contributed by atoms with E-state index < -0.39 is 10.6 Å². The summed E-state index contributed by atoms with van der Waals surface area (Å²) in [6, 6.07) is 13.9. The molecular weight excluding hydrogens is 446 g/mol. The Hall–Kier alpha value is -4.01. The predicted molar refractivity (Wildman–Crippen MR) is 135 cm³/mol. The largest absolute Gasteiger partial charge is 0.337 e. The summed E-state index contributed by atoms with van der Waals surface area (Å²) < 4.78 is 4.48. The van der Waals surface area contributed by atoms with Crippen molar-refractivity contribution in [2.24, 2.45) is 5.92 Å². The van der Waals surface area contributed by atoms with E-state index in [1.54, 1.807) is 23.0 Å². The third-order valence-electron chi connectivity index (χ3n) is 6.15. The zero-order valence-corrected chi connectivity index (χ0v) is 20.3. The first-order valence-corrected chi connectivity index (χ1v) is 11.7. The second-order valence-electron chi connectivity index (χ2n) is 9.47. The molecule has 0 aliphatic rings. The van der Waals surface area contributed by atoms with Gasteiger partial charge in [0, 0.05) is 25.2 Å². The molecule has 2 aromatic carbocycles. The highest BCUT2D eigenvalue weighted by atomic mass is 16.6. The first-order valence-electron chi connectivity index (χ1n) is 11.7. The quantitative estimate of drug-likeness (QED) is 0.276. The van der Waals surface area contributed by atoms with Crippen LogP contribution in [0.4, 0.5) is 5.69 Å². The lowest BCUT2D eigenvalue weighted by Crippen LogP contribution is -2.40. The van der Waals surface area contributed by atoms with Crippen molar-refractivity contribution in [3.8, 4) is 5.69 Å². The lowest BCUT2D eigenvalue weighted by molar-refractivity contribution is -0.384. The predicted octanol–water partition coefficient (Wildman–Crippen LogP) is 4.47. The third-order valence-corrected chi connectivity index (χ3v) is 6.15. The molecule has 0 aliphatic heterocycles. The van der Waals surface area contributed by atoms with Gasteiger partial charge < -0.3 is 4.57 Å². The number of hydrogen-bond acceptors (Lipinski definition) is 5. The molecule has 0 spiro atoms. The molecule has 0 bridgehead atoms. The van der Waals surface area contributed by atoms with Crippen LogP contribution < -0.4 is 11.2 Å². The van der Waals surface area contributed by atoms with Crippen molar-refractivity contribution in [2.45, 2.75) is 53.1 Å². The number of nitrogens with zero attached hydrogens (tertiary/aromatic N) is 5. The Morgan fingerprint density at radius 3 is 2.20 bits per heavy atom. The fraction of sp³-hybridized carbons (Fsp3) is 0.346. The first kappa shape index (κ1) is 24.1. The molecule has 0 atom stereocenters. The lowest BCUT2D eigenvalue weighted by atomic mass is 10.0. The fourth-order valence-corrected chi connectivity index (χ4v) is 4.04. The molecule has 35 heavy (non-hydrogen) atoms. The molecular formula is C26H29N5O4. The van der Waals surface area contributed by atoms with Gasteiger partial charge in [-0.1, -0.05) is 52.0 Å². The van der Waals surface area contributed by atoms with Crippen molar-refractivity contribution in [3.63, 3.8) is 0 Å². The third kappa shape index (κ3) is 4.80. The Balaban J connectivity index is 1.88. The van der Waals surface area contributed by atoms with Crippen LogP contribution >= 0.6 is 0 Å². The van der Waals surface area contributed by atoms with Crippen molar-refractivity contribution >= 4 is 16.9 Å². The topological polar surface area (TPSA) is 105 Å². The Morgan fingerprint density at radius 1 is 0.971 bits per heavy atom. The van der Waals surface area contributed by atoms with E-state index in [9.17, 15) is 19.7 Å². The first-order chi connectivity index (χ1) is 16.7. The van der Waals surface area contributed by atoms with Gasteiger partial charge in [0.15, 0.2) is 11.2 Å². The van der Waals surface area contributed by atoms with Gasteiger partial charge in [-0.3, -0.25) is 19.5 Å². The van der Waals surface area contributed by atoms with Gasteiger partial charge in [-0.05, 0) is 41.5 Å². The molecule has 182 valence electrons. The summed E-state index contributed by atoms with van der Waals surface area (Å²) in [5.74, 6) is 0.669. The minimum Gasteiger partial charge on any atom is -0.320 e. The molecule has 2 heterocycles. The number of imidazole rings is 1. The molecule has 0 radical (unpaired) electrons. The number of nitro groups is 1. The van der Waals surface area contributed by atoms with Crippen LogP contribution in [0.5, 0.6) is 0 Å². The summed E-state index contributed by atoms with van der Waals surface area (Å²) in [7, 11) is 0. The maximum absolute atomic E-state index is 13.5. The average molecular weight is 476 g/mol. The van der Waals surface area contributed by atoms with Crippen molar-refractivity contribution in [3.05, 3.63) is 96.9 Å². The van der Waals surface area contributed by atoms with Crippen LogP contribution in [0.3, 0.4) is 0 Å². The van der Waals surface area contributed by atoms with Crippen LogP contribution in [0.15, 0.2) is 64.4 Å². The van der Waals surface area contributed by atoms with Crippen molar-refractivity contribution in [1.82, 2.24) is 18.7 Å². The smallest absolute Gasteiger partial charge is 0.320 e. The average Bonchev–Trinajstić information content (AvgIpc) is 3.22. The van der Waals surface area contributed by atoms with Crippen molar-refractivity contribution in [2.75, 3.05) is 0 Å². The summed E-state index contributed by atoms with van der Waals surface area (Å²) >= 11 is 0.